The van der Waals surface area contributed by atoms with Crippen LogP contribution in [0.5, 0.6) is 5.75 Å². The van der Waals surface area contributed by atoms with Crippen molar-refractivity contribution in [3.05, 3.63) is 46.2 Å². The SMILES string of the molecule is C[C@H]1C[C@H](n2c(C(=O)O)c[nH]c2=S)c2cc(F)ccc2O1. The molecular formula is C14H13FN2O3S. The van der Waals surface area contributed by atoms with Crippen molar-refractivity contribution < 1.29 is 19.0 Å². The molecule has 7 heteroatoms. The van der Waals surface area contributed by atoms with Crippen LogP contribution in [0.3, 0.4) is 0 Å². The molecule has 21 heavy (non-hydrogen) atoms. The summed E-state index contributed by atoms with van der Waals surface area (Å²) in [7, 11) is 0. The number of rotatable bonds is 2. The highest BCUT2D eigenvalue weighted by Crippen LogP contribution is 2.38. The number of aromatic amines is 1. The van der Waals surface area contributed by atoms with Gasteiger partial charge in [0.15, 0.2) is 4.77 Å². The lowest BCUT2D eigenvalue weighted by molar-refractivity contribution is 0.0679. The second-order valence-corrected chi connectivity index (χ2v) is 5.40. The quantitative estimate of drug-likeness (QED) is 0.836. The van der Waals surface area contributed by atoms with Crippen molar-refractivity contribution in [1.29, 1.82) is 0 Å². The fourth-order valence-corrected chi connectivity index (χ4v) is 2.98. The molecule has 110 valence electrons. The Kier molecular flexibility index (Phi) is 3.29. The summed E-state index contributed by atoms with van der Waals surface area (Å²) < 4.78 is 21.0. The third kappa shape index (κ3) is 2.33. The Morgan fingerprint density at radius 3 is 3.05 bits per heavy atom. The number of H-pyrrole nitrogens is 1. The van der Waals surface area contributed by atoms with Gasteiger partial charge in [0.1, 0.15) is 17.3 Å². The first-order valence-electron chi connectivity index (χ1n) is 6.46. The van der Waals surface area contributed by atoms with Crippen LogP contribution >= 0.6 is 12.2 Å². The van der Waals surface area contributed by atoms with E-state index in [-0.39, 0.29) is 17.8 Å². The Labute approximate surface area is 125 Å². The Hall–Kier alpha value is -2.15. The van der Waals surface area contributed by atoms with Crippen molar-refractivity contribution in [1.82, 2.24) is 9.55 Å². The van der Waals surface area contributed by atoms with Crippen molar-refractivity contribution in [3.8, 4) is 5.75 Å². The fourth-order valence-electron chi connectivity index (χ4n) is 2.69. The number of nitrogens with zero attached hydrogens (tertiary/aromatic N) is 1. The van der Waals surface area contributed by atoms with Crippen LogP contribution in [-0.2, 0) is 0 Å². The molecule has 0 saturated heterocycles. The van der Waals surface area contributed by atoms with E-state index in [1.54, 1.807) is 6.07 Å². The van der Waals surface area contributed by atoms with E-state index >= 15 is 0 Å². The van der Waals surface area contributed by atoms with Gasteiger partial charge in [0.25, 0.3) is 0 Å². The number of carboxylic acid groups (broad SMARTS) is 1. The molecule has 0 aliphatic carbocycles. The van der Waals surface area contributed by atoms with Gasteiger partial charge in [-0.3, -0.25) is 0 Å². The van der Waals surface area contributed by atoms with E-state index < -0.39 is 11.8 Å². The zero-order valence-corrected chi connectivity index (χ0v) is 12.0. The molecule has 1 aliphatic heterocycles. The van der Waals surface area contributed by atoms with E-state index in [9.17, 15) is 14.3 Å². The zero-order chi connectivity index (χ0) is 15.1. The number of imidazole rings is 1. The average Bonchev–Trinajstić information content (AvgIpc) is 2.80. The minimum absolute atomic E-state index is 0.0503. The number of benzene rings is 1. The van der Waals surface area contributed by atoms with E-state index in [1.165, 1.54) is 22.9 Å². The van der Waals surface area contributed by atoms with Gasteiger partial charge in [-0.05, 0) is 37.3 Å². The number of hydrogen-bond donors (Lipinski definition) is 2. The van der Waals surface area contributed by atoms with Gasteiger partial charge < -0.3 is 19.4 Å². The largest absolute Gasteiger partial charge is 0.490 e. The second kappa shape index (κ2) is 5.00. The Morgan fingerprint density at radius 2 is 2.33 bits per heavy atom. The molecular weight excluding hydrogens is 295 g/mol. The number of nitrogens with one attached hydrogen (secondary N) is 1. The molecule has 2 atom stereocenters. The molecule has 2 aromatic rings. The van der Waals surface area contributed by atoms with Crippen molar-refractivity contribution >= 4 is 18.2 Å². The number of halogens is 1. The summed E-state index contributed by atoms with van der Waals surface area (Å²) in [5.41, 5.74) is 0.653. The van der Waals surface area contributed by atoms with Crippen molar-refractivity contribution in [2.45, 2.75) is 25.5 Å². The van der Waals surface area contributed by atoms with Crippen LogP contribution in [0.15, 0.2) is 24.4 Å². The highest BCUT2D eigenvalue weighted by atomic mass is 32.1. The predicted molar refractivity (Wildman–Crippen MR) is 75.8 cm³/mol. The third-order valence-electron chi connectivity index (χ3n) is 3.56. The molecule has 0 spiro atoms. The van der Waals surface area contributed by atoms with E-state index in [0.29, 0.717) is 22.5 Å². The number of ether oxygens (including phenoxy) is 1. The van der Waals surface area contributed by atoms with Crippen LogP contribution < -0.4 is 4.74 Å². The topological polar surface area (TPSA) is 67.2 Å². The van der Waals surface area contributed by atoms with Gasteiger partial charge in [-0.15, -0.1) is 0 Å². The molecule has 1 aromatic carbocycles. The smallest absolute Gasteiger partial charge is 0.354 e. The van der Waals surface area contributed by atoms with E-state index in [4.69, 9.17) is 17.0 Å². The molecule has 2 N–H and O–H groups in total. The molecule has 5 nitrogen and oxygen atoms in total. The normalized spacial score (nSPS) is 20.7. The highest BCUT2D eigenvalue weighted by Gasteiger charge is 2.30. The molecule has 0 radical (unpaired) electrons. The highest BCUT2D eigenvalue weighted by molar-refractivity contribution is 7.71. The number of aromatic carboxylic acids is 1. The zero-order valence-electron chi connectivity index (χ0n) is 11.2. The Balaban J connectivity index is 2.20. The summed E-state index contributed by atoms with van der Waals surface area (Å²) in [5.74, 6) is -0.921. The Morgan fingerprint density at radius 1 is 1.57 bits per heavy atom. The number of carbonyl (C=O) groups is 1. The molecule has 0 bridgehead atoms. The number of fused-ring (bicyclic) bond motifs is 1. The van der Waals surface area contributed by atoms with E-state index in [2.05, 4.69) is 4.98 Å². The molecule has 3 rings (SSSR count). The van der Waals surface area contributed by atoms with Crippen molar-refractivity contribution in [2.75, 3.05) is 0 Å². The standard InChI is InChI=1S/C14H13FN2O3S/c1-7-4-10(9-5-8(15)2-3-12(9)20-7)17-11(13(18)19)6-16-14(17)21/h2-3,5-7,10H,4H2,1H3,(H,16,21)(H,18,19)/t7-,10-/m0/s1. The van der Waals surface area contributed by atoms with Gasteiger partial charge in [0, 0.05) is 18.2 Å². The first kappa shape index (κ1) is 13.8. The minimum atomic E-state index is -1.08. The second-order valence-electron chi connectivity index (χ2n) is 5.02. The van der Waals surface area contributed by atoms with Gasteiger partial charge >= 0.3 is 5.97 Å². The monoisotopic (exact) mass is 308 g/mol. The molecule has 0 unspecified atom stereocenters. The van der Waals surface area contributed by atoms with Crippen molar-refractivity contribution in [3.63, 3.8) is 0 Å². The van der Waals surface area contributed by atoms with Gasteiger partial charge in [-0.1, -0.05) is 0 Å². The first-order chi connectivity index (χ1) is 9.97. The molecule has 0 fully saturated rings. The van der Waals surface area contributed by atoms with Crippen LogP contribution in [0, 0.1) is 10.6 Å². The van der Waals surface area contributed by atoms with E-state index in [1.807, 2.05) is 6.92 Å². The predicted octanol–water partition coefficient (Wildman–Crippen LogP) is 3.14. The summed E-state index contributed by atoms with van der Waals surface area (Å²) >= 11 is 5.18. The maximum absolute atomic E-state index is 13.6. The lowest BCUT2D eigenvalue weighted by atomic mass is 9.96. The average molecular weight is 308 g/mol. The van der Waals surface area contributed by atoms with Gasteiger partial charge in [-0.25, -0.2) is 9.18 Å². The number of aromatic nitrogens is 2. The fraction of sp³-hybridized carbons (Fsp3) is 0.286. The van der Waals surface area contributed by atoms with Crippen LogP contribution in [0.4, 0.5) is 4.39 Å². The summed E-state index contributed by atoms with van der Waals surface area (Å²) in [5, 5.41) is 9.29. The van der Waals surface area contributed by atoms with Crippen LogP contribution in [0.25, 0.3) is 0 Å². The lowest BCUT2D eigenvalue weighted by Gasteiger charge is -2.31. The summed E-state index contributed by atoms with van der Waals surface area (Å²) in [6, 6.07) is 3.88. The maximum atomic E-state index is 13.6. The number of hydrogen-bond acceptors (Lipinski definition) is 3. The molecule has 1 aromatic heterocycles. The van der Waals surface area contributed by atoms with Gasteiger partial charge in [0.2, 0.25) is 0 Å². The summed E-state index contributed by atoms with van der Waals surface area (Å²) in [6.45, 7) is 1.88. The Bertz CT molecular complexity index is 768. The molecule has 2 heterocycles. The molecule has 0 amide bonds. The summed E-state index contributed by atoms with van der Waals surface area (Å²) in [4.78, 5) is 14.1. The molecule has 0 saturated carbocycles. The third-order valence-corrected chi connectivity index (χ3v) is 3.87. The van der Waals surface area contributed by atoms with Gasteiger partial charge in [-0.2, -0.15) is 0 Å². The molecule has 1 aliphatic rings. The van der Waals surface area contributed by atoms with E-state index in [0.717, 1.165) is 0 Å². The van der Waals surface area contributed by atoms with Crippen LogP contribution in [0.1, 0.15) is 35.4 Å². The van der Waals surface area contributed by atoms with Crippen LogP contribution in [0.2, 0.25) is 0 Å². The maximum Gasteiger partial charge on any atom is 0.354 e. The minimum Gasteiger partial charge on any atom is -0.490 e. The van der Waals surface area contributed by atoms with Crippen molar-refractivity contribution in [2.24, 2.45) is 0 Å². The van der Waals surface area contributed by atoms with Crippen LogP contribution in [-0.4, -0.2) is 26.7 Å². The summed E-state index contributed by atoms with van der Waals surface area (Å²) in [6.07, 6.45) is 1.75. The number of carboxylic acids is 1. The van der Waals surface area contributed by atoms with Gasteiger partial charge in [0.05, 0.1) is 12.1 Å². The first-order valence-corrected chi connectivity index (χ1v) is 6.87. The lowest BCUT2D eigenvalue weighted by Crippen LogP contribution is -2.28.